The van der Waals surface area contributed by atoms with Crippen molar-refractivity contribution < 1.29 is 18.3 Å². The van der Waals surface area contributed by atoms with Crippen LogP contribution in [-0.4, -0.2) is 37.0 Å². The third kappa shape index (κ3) is 4.20. The lowest BCUT2D eigenvalue weighted by Gasteiger charge is -2.21. The molecule has 2 heterocycles. The standard InChI is InChI=1S/C11H15NO4S3/c13-10(14)7-9-1-2-11(18-9)19(15,16)12-8-3-5-17-6-4-8/h1-2,8,12H,3-7H2,(H,13,14). The molecule has 0 unspecified atom stereocenters. The smallest absolute Gasteiger partial charge is 0.308 e. The molecule has 1 aliphatic rings. The van der Waals surface area contributed by atoms with Gasteiger partial charge in [-0.25, -0.2) is 13.1 Å². The zero-order chi connectivity index (χ0) is 13.9. The van der Waals surface area contributed by atoms with Gasteiger partial charge in [-0.05, 0) is 36.5 Å². The van der Waals surface area contributed by atoms with Crippen molar-refractivity contribution in [3.05, 3.63) is 17.0 Å². The second-order valence-corrected chi connectivity index (χ2v) is 8.63. The molecular weight excluding hydrogens is 306 g/mol. The second kappa shape index (κ2) is 6.25. The number of thioether (sulfide) groups is 1. The van der Waals surface area contributed by atoms with Crippen LogP contribution in [0.2, 0.25) is 0 Å². The lowest BCUT2D eigenvalue weighted by atomic mass is 10.2. The number of hydrogen-bond donors (Lipinski definition) is 2. The number of sulfonamides is 1. The van der Waals surface area contributed by atoms with Gasteiger partial charge >= 0.3 is 5.97 Å². The molecule has 1 fully saturated rings. The van der Waals surface area contributed by atoms with Crippen LogP contribution in [0, 0.1) is 0 Å². The molecule has 0 saturated carbocycles. The number of carbonyl (C=O) groups is 1. The molecular formula is C11H15NO4S3. The number of thiophene rings is 1. The van der Waals surface area contributed by atoms with E-state index in [1.54, 1.807) is 6.07 Å². The maximum Gasteiger partial charge on any atom is 0.308 e. The van der Waals surface area contributed by atoms with Crippen LogP contribution in [0.1, 0.15) is 17.7 Å². The van der Waals surface area contributed by atoms with Gasteiger partial charge in [0.25, 0.3) is 0 Å². The molecule has 0 spiro atoms. The Kier molecular flexibility index (Phi) is 4.88. The van der Waals surface area contributed by atoms with Crippen LogP contribution < -0.4 is 4.72 Å². The summed E-state index contributed by atoms with van der Waals surface area (Å²) in [5, 5.41) is 8.68. The highest BCUT2D eigenvalue weighted by Crippen LogP contribution is 2.24. The minimum Gasteiger partial charge on any atom is -0.481 e. The summed E-state index contributed by atoms with van der Waals surface area (Å²) in [5.41, 5.74) is 0. The van der Waals surface area contributed by atoms with E-state index in [4.69, 9.17) is 5.11 Å². The van der Waals surface area contributed by atoms with E-state index in [2.05, 4.69) is 4.72 Å². The van der Waals surface area contributed by atoms with E-state index in [9.17, 15) is 13.2 Å². The van der Waals surface area contributed by atoms with Gasteiger partial charge in [0.15, 0.2) is 0 Å². The zero-order valence-corrected chi connectivity index (χ0v) is 12.6. The molecule has 0 atom stereocenters. The van der Waals surface area contributed by atoms with Gasteiger partial charge in [-0.1, -0.05) is 0 Å². The van der Waals surface area contributed by atoms with Gasteiger partial charge in [-0.2, -0.15) is 11.8 Å². The summed E-state index contributed by atoms with van der Waals surface area (Å²) in [7, 11) is -3.51. The Hall–Kier alpha value is -0.570. The van der Waals surface area contributed by atoms with Gasteiger partial charge < -0.3 is 5.11 Å². The van der Waals surface area contributed by atoms with Gasteiger partial charge in [0.2, 0.25) is 10.0 Å². The van der Waals surface area contributed by atoms with Crippen LogP contribution in [0.25, 0.3) is 0 Å². The summed E-state index contributed by atoms with van der Waals surface area (Å²) in [4.78, 5) is 11.1. The first-order valence-corrected chi connectivity index (χ1v) is 9.33. The Balaban J connectivity index is 2.06. The number of carboxylic acid groups (broad SMARTS) is 1. The first-order chi connectivity index (χ1) is 8.97. The van der Waals surface area contributed by atoms with Crippen molar-refractivity contribution in [1.82, 2.24) is 4.72 Å². The Morgan fingerprint density at radius 1 is 1.37 bits per heavy atom. The van der Waals surface area contributed by atoms with Gasteiger partial charge in [0.1, 0.15) is 4.21 Å². The van der Waals surface area contributed by atoms with E-state index in [1.807, 2.05) is 11.8 Å². The summed E-state index contributed by atoms with van der Waals surface area (Å²) in [6, 6.07) is 3.03. The van der Waals surface area contributed by atoms with Crippen molar-refractivity contribution in [1.29, 1.82) is 0 Å². The van der Waals surface area contributed by atoms with Crippen LogP contribution in [-0.2, 0) is 21.2 Å². The van der Waals surface area contributed by atoms with Crippen molar-refractivity contribution in [2.45, 2.75) is 29.5 Å². The van der Waals surface area contributed by atoms with Gasteiger partial charge in [0.05, 0.1) is 6.42 Å². The highest BCUT2D eigenvalue weighted by molar-refractivity contribution is 7.99. The molecule has 0 amide bonds. The maximum absolute atomic E-state index is 12.1. The third-order valence-electron chi connectivity index (χ3n) is 2.77. The fraction of sp³-hybridized carbons (Fsp3) is 0.545. The molecule has 2 rings (SSSR count). The molecule has 8 heteroatoms. The first-order valence-electron chi connectivity index (χ1n) is 5.88. The average Bonchev–Trinajstić information content (AvgIpc) is 2.78. The monoisotopic (exact) mass is 321 g/mol. The minimum atomic E-state index is -3.51. The number of hydrogen-bond acceptors (Lipinski definition) is 5. The van der Waals surface area contributed by atoms with Crippen LogP contribution in [0.15, 0.2) is 16.3 Å². The quantitative estimate of drug-likeness (QED) is 0.859. The van der Waals surface area contributed by atoms with Crippen molar-refractivity contribution in [2.75, 3.05) is 11.5 Å². The fourth-order valence-electron chi connectivity index (χ4n) is 1.84. The number of nitrogens with one attached hydrogen (secondary N) is 1. The molecule has 2 N–H and O–H groups in total. The number of rotatable bonds is 5. The molecule has 106 valence electrons. The van der Waals surface area contributed by atoms with Gasteiger partial charge in [0, 0.05) is 10.9 Å². The summed E-state index contributed by atoms with van der Waals surface area (Å²) in [6.45, 7) is 0. The van der Waals surface area contributed by atoms with Crippen LogP contribution in [0.5, 0.6) is 0 Å². The minimum absolute atomic E-state index is 0.00345. The lowest BCUT2D eigenvalue weighted by molar-refractivity contribution is -0.136. The molecule has 0 radical (unpaired) electrons. The van der Waals surface area contributed by atoms with E-state index < -0.39 is 16.0 Å². The van der Waals surface area contributed by atoms with Crippen molar-refractivity contribution in [3.8, 4) is 0 Å². The van der Waals surface area contributed by atoms with E-state index in [-0.39, 0.29) is 16.7 Å². The van der Waals surface area contributed by atoms with Crippen molar-refractivity contribution in [3.63, 3.8) is 0 Å². The van der Waals surface area contributed by atoms with Crippen LogP contribution in [0.4, 0.5) is 0 Å². The largest absolute Gasteiger partial charge is 0.481 e. The molecule has 5 nitrogen and oxygen atoms in total. The zero-order valence-electron chi connectivity index (χ0n) is 10.2. The second-order valence-electron chi connectivity index (χ2n) is 4.30. The Morgan fingerprint density at radius 2 is 2.05 bits per heavy atom. The Labute approximate surface area is 120 Å². The molecule has 0 aromatic carbocycles. The van der Waals surface area contributed by atoms with Crippen LogP contribution >= 0.6 is 23.1 Å². The predicted octanol–water partition coefficient (Wildman–Crippen LogP) is 1.55. The van der Waals surface area contributed by atoms with Crippen molar-refractivity contribution >= 4 is 39.1 Å². The molecule has 1 aliphatic heterocycles. The van der Waals surface area contributed by atoms with E-state index in [1.165, 1.54) is 6.07 Å². The normalized spacial score (nSPS) is 17.5. The molecule has 1 aromatic rings. The number of aliphatic carboxylic acids is 1. The fourth-order valence-corrected chi connectivity index (χ4v) is 5.61. The van der Waals surface area contributed by atoms with Crippen LogP contribution in [0.3, 0.4) is 0 Å². The SMILES string of the molecule is O=C(O)Cc1ccc(S(=O)(=O)NC2CCSCC2)s1. The molecule has 1 saturated heterocycles. The summed E-state index contributed by atoms with van der Waals surface area (Å²) in [5.74, 6) is 0.993. The summed E-state index contributed by atoms with van der Waals surface area (Å²) in [6.07, 6.45) is 1.55. The maximum atomic E-state index is 12.1. The third-order valence-corrected chi connectivity index (χ3v) is 6.92. The number of carboxylic acids is 1. The topological polar surface area (TPSA) is 83.5 Å². The summed E-state index contributed by atoms with van der Waals surface area (Å²) < 4.78 is 27.2. The lowest BCUT2D eigenvalue weighted by Crippen LogP contribution is -2.36. The van der Waals surface area contributed by atoms with Gasteiger partial charge in [-0.15, -0.1) is 11.3 Å². The predicted molar refractivity (Wildman–Crippen MR) is 76.3 cm³/mol. The van der Waals surface area contributed by atoms with Crippen molar-refractivity contribution in [2.24, 2.45) is 0 Å². The summed E-state index contributed by atoms with van der Waals surface area (Å²) >= 11 is 2.85. The molecule has 19 heavy (non-hydrogen) atoms. The van der Waals surface area contributed by atoms with E-state index >= 15 is 0 Å². The molecule has 0 bridgehead atoms. The molecule has 0 aliphatic carbocycles. The van der Waals surface area contributed by atoms with E-state index in [0.29, 0.717) is 4.88 Å². The van der Waals surface area contributed by atoms with E-state index in [0.717, 1.165) is 35.7 Å². The Bertz CT molecular complexity index is 546. The average molecular weight is 321 g/mol. The molecule has 1 aromatic heterocycles. The highest BCUT2D eigenvalue weighted by Gasteiger charge is 2.23. The van der Waals surface area contributed by atoms with Gasteiger partial charge in [-0.3, -0.25) is 4.79 Å². The Morgan fingerprint density at radius 3 is 2.68 bits per heavy atom. The first kappa shape index (κ1) is 14.8. The highest BCUT2D eigenvalue weighted by atomic mass is 32.2.